The van der Waals surface area contributed by atoms with Gasteiger partial charge in [0, 0.05) is 5.39 Å². The van der Waals surface area contributed by atoms with Crippen LogP contribution in [0.25, 0.3) is 10.8 Å². The minimum atomic E-state index is 0.810. The van der Waals surface area contributed by atoms with Crippen LogP contribution in [0.5, 0.6) is 5.75 Å². The molecule has 1 radical (unpaired) electrons. The van der Waals surface area contributed by atoms with Crippen LogP contribution >= 0.6 is 0 Å². The van der Waals surface area contributed by atoms with Crippen molar-refractivity contribution in [3.05, 3.63) is 48.9 Å². The number of hydrogen-bond donors (Lipinski definition) is 0. The van der Waals surface area contributed by atoms with Gasteiger partial charge < -0.3 is 4.74 Å². The zero-order valence-corrected chi connectivity index (χ0v) is 8.29. The molecule has 0 fully saturated rings. The second-order valence-corrected chi connectivity index (χ2v) is 3.22. The Labute approximate surface area is 84.3 Å². The molecule has 1 nitrogen and oxygen atoms in total. The van der Waals surface area contributed by atoms with E-state index in [2.05, 4.69) is 25.1 Å². The molecular weight excluding hydrogens is 172 g/mol. The number of methoxy groups -OCH3 is 1. The smallest absolute Gasteiger partial charge is 0.126 e. The van der Waals surface area contributed by atoms with E-state index < -0.39 is 0 Å². The van der Waals surface area contributed by atoms with E-state index in [0.29, 0.717) is 0 Å². The Morgan fingerprint density at radius 1 is 1.07 bits per heavy atom. The summed E-state index contributed by atoms with van der Waals surface area (Å²) in [6.07, 6.45) is 0.810. The first-order valence-corrected chi connectivity index (χ1v) is 4.70. The standard InChI is InChI=1S/C13H13O/c1-3-10-6-4-8-12-11(10)7-5-9-13(12)14-2/h4-9H,1,3H2,2H3. The maximum absolute atomic E-state index is 5.31. The lowest BCUT2D eigenvalue weighted by molar-refractivity contribution is 0.420. The van der Waals surface area contributed by atoms with Crippen molar-refractivity contribution in [2.75, 3.05) is 7.11 Å². The van der Waals surface area contributed by atoms with Gasteiger partial charge in [0.2, 0.25) is 0 Å². The van der Waals surface area contributed by atoms with Crippen LogP contribution in [0.3, 0.4) is 0 Å². The fourth-order valence-corrected chi connectivity index (χ4v) is 1.74. The molecule has 0 saturated carbocycles. The van der Waals surface area contributed by atoms with Gasteiger partial charge in [0.25, 0.3) is 0 Å². The Hall–Kier alpha value is -1.50. The fourth-order valence-electron chi connectivity index (χ4n) is 1.74. The SMILES string of the molecule is [CH2]Cc1cccc2c(OC)cccc12. The van der Waals surface area contributed by atoms with Gasteiger partial charge in [-0.25, -0.2) is 0 Å². The van der Waals surface area contributed by atoms with Crippen molar-refractivity contribution < 1.29 is 4.74 Å². The van der Waals surface area contributed by atoms with Gasteiger partial charge in [0.15, 0.2) is 0 Å². The van der Waals surface area contributed by atoms with Crippen molar-refractivity contribution in [2.24, 2.45) is 0 Å². The molecule has 0 aliphatic rings. The normalized spacial score (nSPS) is 10.4. The Balaban J connectivity index is 2.77. The first-order chi connectivity index (χ1) is 6.86. The van der Waals surface area contributed by atoms with Crippen LogP contribution in [0.4, 0.5) is 0 Å². The summed E-state index contributed by atoms with van der Waals surface area (Å²) in [5.41, 5.74) is 1.27. The zero-order valence-electron chi connectivity index (χ0n) is 8.29. The van der Waals surface area contributed by atoms with Crippen LogP contribution in [-0.4, -0.2) is 7.11 Å². The highest BCUT2D eigenvalue weighted by Gasteiger charge is 2.02. The van der Waals surface area contributed by atoms with E-state index in [1.807, 2.05) is 18.2 Å². The molecule has 1 heteroatoms. The Morgan fingerprint density at radius 3 is 2.50 bits per heavy atom. The molecule has 0 amide bonds. The van der Waals surface area contributed by atoms with E-state index in [9.17, 15) is 0 Å². The predicted octanol–water partition coefficient (Wildman–Crippen LogP) is 3.22. The highest BCUT2D eigenvalue weighted by atomic mass is 16.5. The molecule has 0 aliphatic heterocycles. The molecule has 2 aromatic rings. The molecule has 0 spiro atoms. The molecule has 0 aliphatic carbocycles. The van der Waals surface area contributed by atoms with E-state index in [0.717, 1.165) is 17.6 Å². The second kappa shape index (κ2) is 3.70. The lowest BCUT2D eigenvalue weighted by Gasteiger charge is -2.07. The minimum Gasteiger partial charge on any atom is -0.496 e. The summed E-state index contributed by atoms with van der Waals surface area (Å²) in [5, 5.41) is 2.40. The van der Waals surface area contributed by atoms with E-state index in [1.54, 1.807) is 7.11 Å². The van der Waals surface area contributed by atoms with Crippen LogP contribution in [0, 0.1) is 6.92 Å². The summed E-state index contributed by atoms with van der Waals surface area (Å²) in [6.45, 7) is 3.92. The third kappa shape index (κ3) is 1.35. The third-order valence-electron chi connectivity index (χ3n) is 2.46. The summed E-state index contributed by atoms with van der Waals surface area (Å²) in [5.74, 6) is 0.929. The van der Waals surface area contributed by atoms with Gasteiger partial charge in [-0.3, -0.25) is 0 Å². The fraction of sp³-hybridized carbons (Fsp3) is 0.154. The first kappa shape index (κ1) is 9.07. The van der Waals surface area contributed by atoms with E-state index in [4.69, 9.17) is 4.74 Å². The van der Waals surface area contributed by atoms with Crippen molar-refractivity contribution in [2.45, 2.75) is 6.42 Å². The van der Waals surface area contributed by atoms with Crippen LogP contribution in [0.1, 0.15) is 5.56 Å². The number of rotatable bonds is 2. The van der Waals surface area contributed by atoms with Gasteiger partial charge >= 0.3 is 0 Å². The van der Waals surface area contributed by atoms with Crippen molar-refractivity contribution in [1.82, 2.24) is 0 Å². The van der Waals surface area contributed by atoms with Gasteiger partial charge in [-0.05, 0) is 30.4 Å². The van der Waals surface area contributed by atoms with Crippen molar-refractivity contribution in [3.8, 4) is 5.75 Å². The first-order valence-electron chi connectivity index (χ1n) is 4.70. The summed E-state index contributed by atoms with van der Waals surface area (Å²) in [6, 6.07) is 12.3. The number of ether oxygens (including phenoxy) is 1. The maximum atomic E-state index is 5.31. The number of hydrogen-bond acceptors (Lipinski definition) is 1. The Bertz CT molecular complexity index is 403. The molecular formula is C13H13O. The molecule has 0 heterocycles. The molecule has 2 aromatic carbocycles. The molecule has 0 atom stereocenters. The summed E-state index contributed by atoms with van der Waals surface area (Å²) < 4.78 is 5.31. The molecule has 0 aromatic heterocycles. The predicted molar refractivity (Wildman–Crippen MR) is 59.6 cm³/mol. The third-order valence-corrected chi connectivity index (χ3v) is 2.46. The van der Waals surface area contributed by atoms with Crippen molar-refractivity contribution in [3.63, 3.8) is 0 Å². The molecule has 0 unspecified atom stereocenters. The van der Waals surface area contributed by atoms with E-state index >= 15 is 0 Å². The summed E-state index contributed by atoms with van der Waals surface area (Å²) in [7, 11) is 1.70. The van der Waals surface area contributed by atoms with Crippen LogP contribution in [0.15, 0.2) is 36.4 Å². The monoisotopic (exact) mass is 185 g/mol. The molecule has 0 N–H and O–H groups in total. The lowest BCUT2D eigenvalue weighted by atomic mass is 10.0. The number of benzene rings is 2. The van der Waals surface area contributed by atoms with Crippen LogP contribution in [0.2, 0.25) is 0 Å². The number of fused-ring (bicyclic) bond motifs is 1. The average molecular weight is 185 g/mol. The molecule has 0 bridgehead atoms. The van der Waals surface area contributed by atoms with Gasteiger partial charge in [0.05, 0.1) is 7.11 Å². The van der Waals surface area contributed by atoms with Crippen molar-refractivity contribution >= 4 is 10.8 Å². The summed E-state index contributed by atoms with van der Waals surface area (Å²) in [4.78, 5) is 0. The molecule has 14 heavy (non-hydrogen) atoms. The Morgan fingerprint density at radius 2 is 1.79 bits per heavy atom. The summed E-state index contributed by atoms with van der Waals surface area (Å²) >= 11 is 0. The van der Waals surface area contributed by atoms with Crippen molar-refractivity contribution in [1.29, 1.82) is 0 Å². The topological polar surface area (TPSA) is 9.23 Å². The van der Waals surface area contributed by atoms with E-state index in [-0.39, 0.29) is 0 Å². The molecule has 2 rings (SSSR count). The largest absolute Gasteiger partial charge is 0.496 e. The van der Waals surface area contributed by atoms with Crippen LogP contribution in [-0.2, 0) is 6.42 Å². The lowest BCUT2D eigenvalue weighted by Crippen LogP contribution is -1.87. The molecule has 71 valence electrons. The van der Waals surface area contributed by atoms with Gasteiger partial charge in [-0.1, -0.05) is 30.3 Å². The highest BCUT2D eigenvalue weighted by molar-refractivity contribution is 5.90. The highest BCUT2D eigenvalue weighted by Crippen LogP contribution is 2.27. The van der Waals surface area contributed by atoms with Gasteiger partial charge in [0.1, 0.15) is 5.75 Å². The quantitative estimate of drug-likeness (QED) is 0.698. The average Bonchev–Trinajstić information content (AvgIpc) is 2.27. The zero-order chi connectivity index (χ0) is 9.97. The maximum Gasteiger partial charge on any atom is 0.126 e. The Kier molecular flexibility index (Phi) is 2.40. The molecule has 0 saturated heterocycles. The van der Waals surface area contributed by atoms with Gasteiger partial charge in [-0.2, -0.15) is 0 Å². The van der Waals surface area contributed by atoms with E-state index in [1.165, 1.54) is 10.9 Å². The minimum absolute atomic E-state index is 0.810. The van der Waals surface area contributed by atoms with Gasteiger partial charge in [-0.15, -0.1) is 0 Å². The second-order valence-electron chi connectivity index (χ2n) is 3.22. The van der Waals surface area contributed by atoms with Crippen LogP contribution < -0.4 is 4.74 Å².